The van der Waals surface area contributed by atoms with E-state index in [1.807, 2.05) is 20.0 Å². The van der Waals surface area contributed by atoms with Crippen LogP contribution in [0.15, 0.2) is 30.3 Å². The molecule has 0 spiro atoms. The summed E-state index contributed by atoms with van der Waals surface area (Å²) in [6, 6.07) is 8.29. The number of aryl methyl sites for hydroxylation is 1. The SMILES string of the molecule is CNC1CCCN(CC(=O)Nc2cc(C)nn2-c2ccc(F)cc2)C1.Cl. The largest absolute Gasteiger partial charge is 0.316 e. The fourth-order valence-electron chi connectivity index (χ4n) is 3.19. The van der Waals surface area contributed by atoms with Gasteiger partial charge in [0.05, 0.1) is 17.9 Å². The van der Waals surface area contributed by atoms with E-state index in [2.05, 4.69) is 20.6 Å². The fourth-order valence-corrected chi connectivity index (χ4v) is 3.19. The lowest BCUT2D eigenvalue weighted by Gasteiger charge is -2.31. The van der Waals surface area contributed by atoms with Crippen molar-refractivity contribution in [1.82, 2.24) is 20.0 Å². The van der Waals surface area contributed by atoms with E-state index in [-0.39, 0.29) is 24.1 Å². The summed E-state index contributed by atoms with van der Waals surface area (Å²) in [4.78, 5) is 14.6. The number of piperidine rings is 1. The first-order valence-corrected chi connectivity index (χ1v) is 8.57. The summed E-state index contributed by atoms with van der Waals surface area (Å²) in [5.41, 5.74) is 1.49. The number of amides is 1. The van der Waals surface area contributed by atoms with Gasteiger partial charge in [-0.2, -0.15) is 5.10 Å². The van der Waals surface area contributed by atoms with E-state index in [1.54, 1.807) is 16.8 Å². The van der Waals surface area contributed by atoms with Gasteiger partial charge in [0, 0.05) is 18.7 Å². The minimum absolute atomic E-state index is 0. The molecule has 6 nitrogen and oxygen atoms in total. The normalized spacial score (nSPS) is 17.6. The maximum atomic E-state index is 13.1. The Labute approximate surface area is 159 Å². The Balaban J connectivity index is 0.00000243. The number of likely N-dealkylation sites (tertiary alicyclic amines) is 1. The van der Waals surface area contributed by atoms with Crippen molar-refractivity contribution in [2.24, 2.45) is 0 Å². The van der Waals surface area contributed by atoms with Crippen molar-refractivity contribution < 1.29 is 9.18 Å². The van der Waals surface area contributed by atoms with E-state index in [9.17, 15) is 9.18 Å². The Bertz CT molecular complexity index is 734. The molecule has 142 valence electrons. The van der Waals surface area contributed by atoms with Crippen LogP contribution in [-0.2, 0) is 4.79 Å². The van der Waals surface area contributed by atoms with Gasteiger partial charge in [-0.15, -0.1) is 12.4 Å². The molecule has 1 unspecified atom stereocenters. The van der Waals surface area contributed by atoms with Gasteiger partial charge in [0.25, 0.3) is 0 Å². The molecule has 1 aliphatic rings. The second-order valence-corrected chi connectivity index (χ2v) is 6.47. The van der Waals surface area contributed by atoms with E-state index in [0.29, 0.717) is 24.1 Å². The Hall–Kier alpha value is -1.96. The highest BCUT2D eigenvalue weighted by Crippen LogP contribution is 2.18. The van der Waals surface area contributed by atoms with Crippen LogP contribution in [0, 0.1) is 12.7 Å². The second kappa shape index (κ2) is 9.12. The molecule has 2 N–H and O–H groups in total. The van der Waals surface area contributed by atoms with Crippen molar-refractivity contribution in [3.8, 4) is 5.69 Å². The van der Waals surface area contributed by atoms with Crippen molar-refractivity contribution in [2.45, 2.75) is 25.8 Å². The van der Waals surface area contributed by atoms with E-state index in [0.717, 1.165) is 31.6 Å². The van der Waals surface area contributed by atoms with Gasteiger partial charge in [0.15, 0.2) is 0 Å². The average Bonchev–Trinajstić information content (AvgIpc) is 2.95. The standard InChI is InChI=1S/C18H24FN5O.ClH/c1-13-10-17(24(22-13)16-7-5-14(19)6-8-16)21-18(25)12-23-9-3-4-15(11-23)20-2;/h5-8,10,15,20H,3-4,9,11-12H2,1-2H3,(H,21,25);1H. The molecule has 0 radical (unpaired) electrons. The first-order valence-electron chi connectivity index (χ1n) is 8.57. The molecule has 0 aliphatic carbocycles. The number of hydrogen-bond acceptors (Lipinski definition) is 4. The molecule has 0 saturated carbocycles. The van der Waals surface area contributed by atoms with Gasteiger partial charge in [-0.25, -0.2) is 9.07 Å². The summed E-state index contributed by atoms with van der Waals surface area (Å²) in [5.74, 6) is 0.221. The second-order valence-electron chi connectivity index (χ2n) is 6.47. The van der Waals surface area contributed by atoms with Gasteiger partial charge in [-0.05, 0) is 57.6 Å². The van der Waals surface area contributed by atoms with Crippen LogP contribution in [0.4, 0.5) is 10.2 Å². The predicted octanol–water partition coefficient (Wildman–Crippen LogP) is 2.36. The van der Waals surface area contributed by atoms with Crippen molar-refractivity contribution >= 4 is 24.1 Å². The Morgan fingerprint density at radius 3 is 2.77 bits per heavy atom. The van der Waals surface area contributed by atoms with E-state index in [4.69, 9.17) is 0 Å². The number of nitrogens with zero attached hydrogens (tertiary/aromatic N) is 3. The van der Waals surface area contributed by atoms with Crippen LogP contribution in [0.1, 0.15) is 18.5 Å². The van der Waals surface area contributed by atoms with Crippen molar-refractivity contribution in [3.05, 3.63) is 41.8 Å². The Morgan fingerprint density at radius 1 is 1.35 bits per heavy atom. The lowest BCUT2D eigenvalue weighted by atomic mass is 10.1. The van der Waals surface area contributed by atoms with E-state index < -0.39 is 0 Å². The lowest BCUT2D eigenvalue weighted by molar-refractivity contribution is -0.117. The summed E-state index contributed by atoms with van der Waals surface area (Å²) >= 11 is 0. The van der Waals surface area contributed by atoms with Gasteiger partial charge in [0.1, 0.15) is 11.6 Å². The minimum Gasteiger partial charge on any atom is -0.316 e. The van der Waals surface area contributed by atoms with Crippen LogP contribution >= 0.6 is 12.4 Å². The predicted molar refractivity (Wildman–Crippen MR) is 103 cm³/mol. The third kappa shape index (κ3) is 5.03. The molecule has 3 rings (SSSR count). The van der Waals surface area contributed by atoms with Crippen LogP contribution in [0.25, 0.3) is 5.69 Å². The summed E-state index contributed by atoms with van der Waals surface area (Å²) in [6.45, 7) is 4.02. The number of anilines is 1. The van der Waals surface area contributed by atoms with Gasteiger partial charge < -0.3 is 10.6 Å². The zero-order valence-corrected chi connectivity index (χ0v) is 15.9. The highest BCUT2D eigenvalue weighted by Gasteiger charge is 2.21. The van der Waals surface area contributed by atoms with E-state index >= 15 is 0 Å². The number of aromatic nitrogens is 2. The van der Waals surface area contributed by atoms with Crippen LogP contribution < -0.4 is 10.6 Å². The molecule has 2 heterocycles. The average molecular weight is 382 g/mol. The number of likely N-dealkylation sites (N-methyl/N-ethyl adjacent to an activating group) is 1. The topological polar surface area (TPSA) is 62.2 Å². The first kappa shape index (κ1) is 20.4. The molecule has 1 atom stereocenters. The molecule has 1 amide bonds. The number of carbonyl (C=O) groups excluding carboxylic acids is 1. The van der Waals surface area contributed by atoms with Crippen LogP contribution in [0.2, 0.25) is 0 Å². The summed E-state index contributed by atoms with van der Waals surface area (Å²) in [5, 5.41) is 10.6. The van der Waals surface area contributed by atoms with Gasteiger partial charge in [-0.3, -0.25) is 9.69 Å². The highest BCUT2D eigenvalue weighted by molar-refractivity contribution is 5.91. The number of benzene rings is 1. The molecule has 1 fully saturated rings. The summed E-state index contributed by atoms with van der Waals surface area (Å²) in [6.07, 6.45) is 2.23. The maximum Gasteiger partial charge on any atom is 0.239 e. The molecule has 0 bridgehead atoms. The van der Waals surface area contributed by atoms with Crippen LogP contribution in [-0.4, -0.2) is 53.3 Å². The number of rotatable bonds is 5. The lowest BCUT2D eigenvalue weighted by Crippen LogP contribution is -2.47. The quantitative estimate of drug-likeness (QED) is 0.834. The smallest absolute Gasteiger partial charge is 0.239 e. The van der Waals surface area contributed by atoms with Crippen molar-refractivity contribution in [2.75, 3.05) is 32.0 Å². The number of carbonyl (C=O) groups is 1. The Morgan fingerprint density at radius 2 is 2.08 bits per heavy atom. The molecular formula is C18H25ClFN5O. The zero-order chi connectivity index (χ0) is 17.8. The molecule has 1 aromatic carbocycles. The van der Waals surface area contributed by atoms with Crippen molar-refractivity contribution in [3.63, 3.8) is 0 Å². The van der Waals surface area contributed by atoms with Gasteiger partial charge >= 0.3 is 0 Å². The number of hydrogen-bond donors (Lipinski definition) is 2. The van der Waals surface area contributed by atoms with Crippen LogP contribution in [0.5, 0.6) is 0 Å². The Kier molecular flexibility index (Phi) is 7.14. The van der Waals surface area contributed by atoms with Gasteiger partial charge in [0.2, 0.25) is 5.91 Å². The zero-order valence-electron chi connectivity index (χ0n) is 15.0. The monoisotopic (exact) mass is 381 g/mol. The molecule has 1 saturated heterocycles. The molecule has 1 aliphatic heterocycles. The van der Waals surface area contributed by atoms with Crippen LogP contribution in [0.3, 0.4) is 0 Å². The highest BCUT2D eigenvalue weighted by atomic mass is 35.5. The number of halogens is 2. The molecule has 2 aromatic rings. The number of nitrogens with one attached hydrogen (secondary N) is 2. The maximum absolute atomic E-state index is 13.1. The molecule has 8 heteroatoms. The fraction of sp³-hybridized carbons (Fsp3) is 0.444. The van der Waals surface area contributed by atoms with Gasteiger partial charge in [-0.1, -0.05) is 0 Å². The molecule has 26 heavy (non-hydrogen) atoms. The third-order valence-electron chi connectivity index (χ3n) is 4.45. The third-order valence-corrected chi connectivity index (χ3v) is 4.45. The molecule has 1 aromatic heterocycles. The summed E-state index contributed by atoms with van der Waals surface area (Å²) < 4.78 is 14.8. The van der Waals surface area contributed by atoms with Crippen molar-refractivity contribution in [1.29, 1.82) is 0 Å². The van der Waals surface area contributed by atoms with E-state index in [1.165, 1.54) is 12.1 Å². The summed E-state index contributed by atoms with van der Waals surface area (Å²) in [7, 11) is 1.96. The molecular weight excluding hydrogens is 357 g/mol. The minimum atomic E-state index is -0.303. The first-order chi connectivity index (χ1) is 12.0.